The van der Waals surface area contributed by atoms with E-state index in [1.807, 2.05) is 30.3 Å². The smallest absolute Gasteiger partial charge is 0.257 e. The van der Waals surface area contributed by atoms with Gasteiger partial charge in [-0.25, -0.2) is 8.42 Å². The average Bonchev–Trinajstić information content (AvgIpc) is 2.67. The van der Waals surface area contributed by atoms with Crippen LogP contribution in [-0.4, -0.2) is 38.8 Å². The molecule has 0 bridgehead atoms. The molecule has 2 aromatic rings. The molecule has 0 saturated heterocycles. The molecule has 0 fully saturated rings. The predicted octanol–water partition coefficient (Wildman–Crippen LogP) is 2.80. The number of hydrogen-bond acceptors (Lipinski definition) is 4. The van der Waals surface area contributed by atoms with Crippen LogP contribution in [0, 0.1) is 0 Å². The van der Waals surface area contributed by atoms with E-state index in [4.69, 9.17) is 4.74 Å². The van der Waals surface area contributed by atoms with Crippen molar-refractivity contribution in [1.29, 1.82) is 0 Å². The van der Waals surface area contributed by atoms with Gasteiger partial charge in [-0.15, -0.1) is 0 Å². The summed E-state index contributed by atoms with van der Waals surface area (Å²) in [7, 11) is -2.05. The van der Waals surface area contributed by atoms with Crippen LogP contribution in [0.3, 0.4) is 0 Å². The first kappa shape index (κ1) is 20.9. The lowest BCUT2D eigenvalue weighted by Crippen LogP contribution is -2.29. The van der Waals surface area contributed by atoms with Crippen LogP contribution in [0.5, 0.6) is 5.75 Å². The molecule has 2 rings (SSSR count). The molecular formula is C20H26N2O4S. The van der Waals surface area contributed by atoms with Crippen molar-refractivity contribution >= 4 is 15.9 Å². The van der Waals surface area contributed by atoms with Gasteiger partial charge in [0.2, 0.25) is 10.0 Å². The molecule has 2 aromatic carbocycles. The maximum atomic E-state index is 12.7. The van der Waals surface area contributed by atoms with E-state index >= 15 is 0 Å². The monoisotopic (exact) mass is 390 g/mol. The number of benzene rings is 2. The highest BCUT2D eigenvalue weighted by atomic mass is 32.2. The van der Waals surface area contributed by atoms with E-state index in [1.54, 1.807) is 19.2 Å². The fraction of sp³-hybridized carbons (Fsp3) is 0.350. The zero-order valence-corrected chi connectivity index (χ0v) is 16.5. The molecule has 7 heteroatoms. The van der Waals surface area contributed by atoms with Crippen molar-refractivity contribution in [3.8, 4) is 5.75 Å². The van der Waals surface area contributed by atoms with Crippen molar-refractivity contribution in [2.45, 2.75) is 31.2 Å². The van der Waals surface area contributed by atoms with Gasteiger partial charge in [0.25, 0.3) is 5.91 Å². The standard InChI is InChI=1S/C20H26N2O4S/c1-3-4-14-21-20(23)16-26-18-10-12-19(13-11-18)27(24,25)22(2)15-17-8-6-5-7-9-17/h5-13H,3-4,14-16H2,1-2H3,(H,21,23). The molecular weight excluding hydrogens is 364 g/mol. The highest BCUT2D eigenvalue weighted by Gasteiger charge is 2.20. The number of nitrogens with zero attached hydrogens (tertiary/aromatic N) is 1. The first-order valence-electron chi connectivity index (χ1n) is 8.93. The number of nitrogens with one attached hydrogen (secondary N) is 1. The Morgan fingerprint density at radius 3 is 2.37 bits per heavy atom. The molecule has 0 unspecified atom stereocenters. The molecule has 27 heavy (non-hydrogen) atoms. The van der Waals surface area contributed by atoms with E-state index in [0.29, 0.717) is 18.8 Å². The minimum absolute atomic E-state index is 0.0935. The molecule has 0 spiro atoms. The van der Waals surface area contributed by atoms with E-state index in [9.17, 15) is 13.2 Å². The van der Waals surface area contributed by atoms with Gasteiger partial charge in [-0.1, -0.05) is 43.7 Å². The number of carbonyl (C=O) groups is 1. The summed E-state index contributed by atoms with van der Waals surface area (Å²) in [5.41, 5.74) is 0.914. The van der Waals surface area contributed by atoms with Crippen LogP contribution in [-0.2, 0) is 21.4 Å². The minimum atomic E-state index is -3.60. The molecule has 0 aromatic heterocycles. The van der Waals surface area contributed by atoms with Crippen LogP contribution in [0.1, 0.15) is 25.3 Å². The van der Waals surface area contributed by atoms with Crippen LogP contribution in [0.25, 0.3) is 0 Å². The fourth-order valence-corrected chi connectivity index (χ4v) is 3.58. The second kappa shape index (κ2) is 10.1. The SMILES string of the molecule is CCCCNC(=O)COc1ccc(S(=O)(=O)N(C)Cc2ccccc2)cc1. The third kappa shape index (κ3) is 6.37. The zero-order valence-electron chi connectivity index (χ0n) is 15.7. The van der Waals surface area contributed by atoms with Gasteiger partial charge in [0, 0.05) is 20.1 Å². The largest absolute Gasteiger partial charge is 0.484 e. The highest BCUT2D eigenvalue weighted by Crippen LogP contribution is 2.20. The second-order valence-electron chi connectivity index (χ2n) is 6.21. The van der Waals surface area contributed by atoms with Gasteiger partial charge in [-0.3, -0.25) is 4.79 Å². The molecule has 0 saturated carbocycles. The Hall–Kier alpha value is -2.38. The van der Waals surface area contributed by atoms with E-state index in [-0.39, 0.29) is 17.4 Å². The Kier molecular flexibility index (Phi) is 7.82. The number of rotatable bonds is 10. The molecule has 1 amide bonds. The average molecular weight is 391 g/mol. The van der Waals surface area contributed by atoms with Crippen LogP contribution in [0.15, 0.2) is 59.5 Å². The molecule has 0 radical (unpaired) electrons. The van der Waals surface area contributed by atoms with Crippen molar-refractivity contribution in [3.63, 3.8) is 0 Å². The van der Waals surface area contributed by atoms with Crippen LogP contribution >= 0.6 is 0 Å². The van der Waals surface area contributed by atoms with Gasteiger partial charge in [0.05, 0.1) is 4.90 Å². The fourth-order valence-electron chi connectivity index (χ4n) is 2.42. The molecule has 0 heterocycles. The van der Waals surface area contributed by atoms with E-state index in [2.05, 4.69) is 12.2 Å². The van der Waals surface area contributed by atoms with E-state index in [0.717, 1.165) is 18.4 Å². The summed E-state index contributed by atoms with van der Waals surface area (Å²) >= 11 is 0. The van der Waals surface area contributed by atoms with Crippen molar-refractivity contribution in [3.05, 3.63) is 60.2 Å². The summed E-state index contributed by atoms with van der Waals surface area (Å²) < 4.78 is 32.1. The third-order valence-corrected chi connectivity index (χ3v) is 5.82. The summed E-state index contributed by atoms with van der Waals surface area (Å²) in [6.07, 6.45) is 1.94. The summed E-state index contributed by atoms with van der Waals surface area (Å²) in [6, 6.07) is 15.5. The van der Waals surface area contributed by atoms with Crippen LogP contribution in [0.4, 0.5) is 0 Å². The van der Waals surface area contributed by atoms with Gasteiger partial charge in [0.1, 0.15) is 5.75 Å². The molecule has 6 nitrogen and oxygen atoms in total. The van der Waals surface area contributed by atoms with Gasteiger partial charge >= 0.3 is 0 Å². The molecule has 146 valence electrons. The Morgan fingerprint density at radius 2 is 1.74 bits per heavy atom. The first-order valence-corrected chi connectivity index (χ1v) is 10.4. The Morgan fingerprint density at radius 1 is 1.07 bits per heavy atom. The number of amides is 1. The van der Waals surface area contributed by atoms with Crippen molar-refractivity contribution in [2.24, 2.45) is 0 Å². The minimum Gasteiger partial charge on any atom is -0.484 e. The Balaban J connectivity index is 1.93. The van der Waals surface area contributed by atoms with Gasteiger partial charge in [0.15, 0.2) is 6.61 Å². The summed E-state index contributed by atoms with van der Waals surface area (Å²) in [5.74, 6) is 0.257. The maximum Gasteiger partial charge on any atom is 0.257 e. The molecule has 0 aliphatic heterocycles. The lowest BCUT2D eigenvalue weighted by Gasteiger charge is -2.17. The number of sulfonamides is 1. The van der Waals surface area contributed by atoms with Crippen molar-refractivity contribution in [2.75, 3.05) is 20.2 Å². The van der Waals surface area contributed by atoms with Crippen molar-refractivity contribution < 1.29 is 17.9 Å². The summed E-state index contributed by atoms with van der Waals surface area (Å²) in [6.45, 7) is 2.88. The predicted molar refractivity (Wildman–Crippen MR) is 105 cm³/mol. The first-order chi connectivity index (χ1) is 12.9. The molecule has 0 atom stereocenters. The zero-order chi connectivity index (χ0) is 19.7. The topological polar surface area (TPSA) is 75.7 Å². The number of ether oxygens (including phenoxy) is 1. The molecule has 0 aliphatic rings. The van der Waals surface area contributed by atoms with E-state index < -0.39 is 10.0 Å². The second-order valence-corrected chi connectivity index (χ2v) is 8.26. The molecule has 0 aliphatic carbocycles. The quantitative estimate of drug-likeness (QED) is 0.633. The Labute approximate surface area is 161 Å². The van der Waals surface area contributed by atoms with Gasteiger partial charge < -0.3 is 10.1 Å². The highest BCUT2D eigenvalue weighted by molar-refractivity contribution is 7.89. The number of hydrogen-bond donors (Lipinski definition) is 1. The number of carbonyl (C=O) groups excluding carboxylic acids is 1. The number of unbranched alkanes of at least 4 members (excludes halogenated alkanes) is 1. The Bertz CT molecular complexity index is 821. The molecule has 1 N–H and O–H groups in total. The van der Waals surface area contributed by atoms with Gasteiger partial charge in [-0.2, -0.15) is 4.31 Å². The summed E-state index contributed by atoms with van der Waals surface area (Å²) in [4.78, 5) is 11.8. The summed E-state index contributed by atoms with van der Waals surface area (Å²) in [5, 5.41) is 2.76. The van der Waals surface area contributed by atoms with Crippen LogP contribution in [0.2, 0.25) is 0 Å². The maximum absolute atomic E-state index is 12.7. The normalized spacial score (nSPS) is 11.4. The van der Waals surface area contributed by atoms with E-state index in [1.165, 1.54) is 16.4 Å². The van der Waals surface area contributed by atoms with Crippen molar-refractivity contribution in [1.82, 2.24) is 9.62 Å². The van der Waals surface area contributed by atoms with Gasteiger partial charge in [-0.05, 0) is 36.2 Å². The third-order valence-electron chi connectivity index (χ3n) is 4.00. The van der Waals surface area contributed by atoms with Crippen LogP contribution < -0.4 is 10.1 Å². The lowest BCUT2D eigenvalue weighted by molar-refractivity contribution is -0.123. The lowest BCUT2D eigenvalue weighted by atomic mass is 10.2.